The average Bonchev–Trinajstić information content (AvgIpc) is 2.91. The molecule has 2 rings (SSSR count). The summed E-state index contributed by atoms with van der Waals surface area (Å²) < 4.78 is 5.00. The van der Waals surface area contributed by atoms with Crippen LogP contribution in [0.3, 0.4) is 0 Å². The molecule has 1 aromatic carbocycles. The Kier molecular flexibility index (Phi) is 4.89. The first-order valence-corrected chi connectivity index (χ1v) is 6.70. The zero-order valence-electron chi connectivity index (χ0n) is 12.0. The Bertz CT molecular complexity index is 611. The van der Waals surface area contributed by atoms with Crippen LogP contribution in [0.5, 0.6) is 0 Å². The Hall–Kier alpha value is -2.41. The van der Waals surface area contributed by atoms with E-state index in [0.717, 1.165) is 11.3 Å². The molecule has 1 amide bonds. The monoisotopic (exact) mass is 289 g/mol. The van der Waals surface area contributed by atoms with Gasteiger partial charge in [-0.2, -0.15) is 4.98 Å². The Balaban J connectivity index is 2.16. The predicted molar refractivity (Wildman–Crippen MR) is 78.2 cm³/mol. The first-order valence-electron chi connectivity index (χ1n) is 6.70. The number of carbonyl (C=O) groups is 1. The van der Waals surface area contributed by atoms with Gasteiger partial charge in [0.15, 0.2) is 5.82 Å². The molecule has 1 aromatic heterocycles. The van der Waals surface area contributed by atoms with Crippen molar-refractivity contribution in [2.75, 3.05) is 11.4 Å². The molecule has 0 atom stereocenters. The molecule has 2 aromatic rings. The lowest BCUT2D eigenvalue weighted by Gasteiger charge is -2.23. The summed E-state index contributed by atoms with van der Waals surface area (Å²) in [6, 6.07) is 7.98. The number of benzene rings is 1. The smallest absolute Gasteiger partial charge is 0.240 e. The molecule has 0 saturated carbocycles. The summed E-state index contributed by atoms with van der Waals surface area (Å²) in [5.74, 6) is 0.578. The molecule has 0 saturated heterocycles. The molecule has 0 unspecified atom stereocenters. The highest BCUT2D eigenvalue weighted by atomic mass is 16.5. The van der Waals surface area contributed by atoms with Crippen molar-refractivity contribution in [3.63, 3.8) is 0 Å². The van der Waals surface area contributed by atoms with E-state index in [2.05, 4.69) is 10.1 Å². The Labute approximate surface area is 122 Å². The van der Waals surface area contributed by atoms with E-state index in [4.69, 9.17) is 16.0 Å². The number of anilines is 1. The van der Waals surface area contributed by atoms with Gasteiger partial charge in [-0.05, 0) is 24.6 Å². The third kappa shape index (κ3) is 4.28. The van der Waals surface area contributed by atoms with Gasteiger partial charge in [0.1, 0.15) is 0 Å². The number of rotatable bonds is 7. The minimum atomic E-state index is -0.344. The standard InChI is InChI=1S/C14H19N5O2/c1-10-3-2-4-11(7-10)19(6-5-12(16)20)9-13-17-14(8-15)21-18-13/h2-4,7H,5-6,8-9,15H2,1H3,(H2,16,20). The molecule has 0 radical (unpaired) electrons. The number of amides is 1. The zero-order chi connectivity index (χ0) is 15.2. The first kappa shape index (κ1) is 15.0. The third-order valence-electron chi connectivity index (χ3n) is 3.01. The minimum Gasteiger partial charge on any atom is -0.370 e. The van der Waals surface area contributed by atoms with Crippen LogP contribution in [0.15, 0.2) is 28.8 Å². The topological polar surface area (TPSA) is 111 Å². The van der Waals surface area contributed by atoms with Crippen LogP contribution in [-0.4, -0.2) is 22.6 Å². The fourth-order valence-corrected chi connectivity index (χ4v) is 1.98. The molecule has 4 N–H and O–H groups in total. The average molecular weight is 289 g/mol. The van der Waals surface area contributed by atoms with Crippen molar-refractivity contribution in [1.82, 2.24) is 10.1 Å². The van der Waals surface area contributed by atoms with E-state index >= 15 is 0 Å². The first-order chi connectivity index (χ1) is 10.1. The van der Waals surface area contributed by atoms with Crippen molar-refractivity contribution in [3.05, 3.63) is 41.5 Å². The van der Waals surface area contributed by atoms with Crippen LogP contribution in [-0.2, 0) is 17.9 Å². The molecule has 1 heterocycles. The maximum Gasteiger partial charge on any atom is 0.240 e. The quantitative estimate of drug-likeness (QED) is 0.776. The summed E-state index contributed by atoms with van der Waals surface area (Å²) in [6.45, 7) is 3.14. The van der Waals surface area contributed by atoms with Crippen molar-refractivity contribution in [2.45, 2.75) is 26.4 Å². The molecule has 0 aliphatic heterocycles. The fourth-order valence-electron chi connectivity index (χ4n) is 1.98. The van der Waals surface area contributed by atoms with Crippen molar-refractivity contribution < 1.29 is 9.32 Å². The van der Waals surface area contributed by atoms with E-state index in [1.807, 2.05) is 36.1 Å². The van der Waals surface area contributed by atoms with Crippen molar-refractivity contribution in [1.29, 1.82) is 0 Å². The van der Waals surface area contributed by atoms with Gasteiger partial charge in [0.05, 0.1) is 13.1 Å². The summed E-state index contributed by atoms with van der Waals surface area (Å²) in [6.07, 6.45) is 0.259. The van der Waals surface area contributed by atoms with Crippen LogP contribution in [0.4, 0.5) is 5.69 Å². The molecular formula is C14H19N5O2. The predicted octanol–water partition coefficient (Wildman–Crippen LogP) is 0.719. The summed E-state index contributed by atoms with van der Waals surface area (Å²) in [4.78, 5) is 17.2. The lowest BCUT2D eigenvalue weighted by atomic mass is 10.2. The minimum absolute atomic E-state index is 0.207. The van der Waals surface area contributed by atoms with Crippen LogP contribution >= 0.6 is 0 Å². The van der Waals surface area contributed by atoms with Crippen LogP contribution in [0.25, 0.3) is 0 Å². The van der Waals surface area contributed by atoms with Gasteiger partial charge in [0.25, 0.3) is 0 Å². The van der Waals surface area contributed by atoms with Crippen LogP contribution in [0, 0.1) is 6.92 Å². The van der Waals surface area contributed by atoms with Gasteiger partial charge >= 0.3 is 0 Å². The molecule has 112 valence electrons. The summed E-state index contributed by atoms with van der Waals surface area (Å²) in [5.41, 5.74) is 12.8. The number of hydrogen-bond acceptors (Lipinski definition) is 6. The third-order valence-corrected chi connectivity index (χ3v) is 3.01. The van der Waals surface area contributed by atoms with E-state index in [1.54, 1.807) is 0 Å². The fraction of sp³-hybridized carbons (Fsp3) is 0.357. The molecule has 0 fully saturated rings. The molecule has 21 heavy (non-hydrogen) atoms. The van der Waals surface area contributed by atoms with Crippen LogP contribution in [0.2, 0.25) is 0 Å². The zero-order valence-corrected chi connectivity index (χ0v) is 12.0. The van der Waals surface area contributed by atoms with Gasteiger partial charge < -0.3 is 20.9 Å². The number of aryl methyl sites for hydroxylation is 1. The van der Waals surface area contributed by atoms with Crippen LogP contribution in [0.1, 0.15) is 23.7 Å². The van der Waals surface area contributed by atoms with Crippen molar-refractivity contribution >= 4 is 11.6 Å². The number of hydrogen-bond donors (Lipinski definition) is 2. The number of primary amides is 1. The van der Waals surface area contributed by atoms with E-state index < -0.39 is 0 Å². The van der Waals surface area contributed by atoms with Crippen molar-refractivity contribution in [2.24, 2.45) is 11.5 Å². The Morgan fingerprint density at radius 3 is 2.86 bits per heavy atom. The Morgan fingerprint density at radius 1 is 1.43 bits per heavy atom. The number of carbonyl (C=O) groups excluding carboxylic acids is 1. The molecule has 0 aliphatic rings. The van der Waals surface area contributed by atoms with Gasteiger partial charge in [0, 0.05) is 18.7 Å². The van der Waals surface area contributed by atoms with Gasteiger partial charge in [-0.1, -0.05) is 17.3 Å². The van der Waals surface area contributed by atoms with E-state index in [9.17, 15) is 4.79 Å². The summed E-state index contributed by atoms with van der Waals surface area (Å²) >= 11 is 0. The second kappa shape index (κ2) is 6.85. The highest BCUT2D eigenvalue weighted by Crippen LogP contribution is 2.18. The van der Waals surface area contributed by atoms with Gasteiger partial charge in [-0.3, -0.25) is 4.79 Å². The molecule has 0 aliphatic carbocycles. The molecule has 7 nitrogen and oxygen atoms in total. The highest BCUT2D eigenvalue weighted by molar-refractivity contribution is 5.74. The Morgan fingerprint density at radius 2 is 2.24 bits per heavy atom. The van der Waals surface area contributed by atoms with E-state index in [1.165, 1.54) is 0 Å². The number of nitrogens with two attached hydrogens (primary N) is 2. The second-order valence-electron chi connectivity index (χ2n) is 4.79. The summed E-state index contributed by atoms with van der Waals surface area (Å²) in [7, 11) is 0. The van der Waals surface area contributed by atoms with Gasteiger partial charge in [-0.25, -0.2) is 0 Å². The number of nitrogens with zero attached hydrogens (tertiary/aromatic N) is 3. The van der Waals surface area contributed by atoms with Gasteiger partial charge in [0.2, 0.25) is 11.8 Å². The van der Waals surface area contributed by atoms with Crippen LogP contribution < -0.4 is 16.4 Å². The van der Waals surface area contributed by atoms with E-state index in [-0.39, 0.29) is 18.9 Å². The van der Waals surface area contributed by atoms with Crippen molar-refractivity contribution in [3.8, 4) is 0 Å². The largest absolute Gasteiger partial charge is 0.370 e. The SMILES string of the molecule is Cc1cccc(N(CCC(N)=O)Cc2noc(CN)n2)c1. The maximum atomic E-state index is 11.0. The second-order valence-corrected chi connectivity index (χ2v) is 4.79. The molecule has 0 bridgehead atoms. The molecule has 7 heteroatoms. The highest BCUT2D eigenvalue weighted by Gasteiger charge is 2.13. The van der Waals surface area contributed by atoms with Gasteiger partial charge in [-0.15, -0.1) is 0 Å². The normalized spacial score (nSPS) is 10.6. The molecule has 0 spiro atoms. The lowest BCUT2D eigenvalue weighted by molar-refractivity contribution is -0.117. The summed E-state index contributed by atoms with van der Waals surface area (Å²) in [5, 5.41) is 3.88. The number of aromatic nitrogens is 2. The van der Waals surface area contributed by atoms with E-state index in [0.29, 0.717) is 24.8 Å². The lowest BCUT2D eigenvalue weighted by Crippen LogP contribution is -2.28. The maximum absolute atomic E-state index is 11.0. The molecular weight excluding hydrogens is 270 g/mol.